The summed E-state index contributed by atoms with van der Waals surface area (Å²) in [7, 11) is 0. The van der Waals surface area contributed by atoms with Crippen molar-refractivity contribution >= 4 is 45.2 Å². The van der Waals surface area contributed by atoms with Gasteiger partial charge in [0.1, 0.15) is 17.3 Å². The third-order valence-corrected chi connectivity index (χ3v) is 7.60. The van der Waals surface area contributed by atoms with Crippen molar-refractivity contribution in [2.24, 2.45) is 0 Å². The molecule has 4 aromatic rings. The molecule has 0 bridgehead atoms. The second kappa shape index (κ2) is 9.99. The minimum atomic E-state index is -0.217. The molecule has 2 amide bonds. The number of halogens is 1. The average molecular weight is 496 g/mol. The smallest absolute Gasteiger partial charge is 0.289 e. The topological polar surface area (TPSA) is 66.7 Å². The van der Waals surface area contributed by atoms with E-state index in [-0.39, 0.29) is 23.4 Å². The Labute approximate surface area is 204 Å². The lowest BCUT2D eigenvalue weighted by Gasteiger charge is -2.34. The van der Waals surface area contributed by atoms with Crippen LogP contribution in [0.5, 0.6) is 0 Å². The number of amides is 2. The molecular formula is C25H22FN3O3S2. The van der Waals surface area contributed by atoms with Gasteiger partial charge in [-0.25, -0.2) is 4.39 Å². The number of aromatic nitrogens is 1. The van der Waals surface area contributed by atoms with Gasteiger partial charge in [-0.15, -0.1) is 11.8 Å². The maximum Gasteiger partial charge on any atom is 0.289 e. The van der Waals surface area contributed by atoms with Crippen molar-refractivity contribution in [2.75, 3.05) is 26.2 Å². The first-order valence-corrected chi connectivity index (χ1v) is 12.9. The van der Waals surface area contributed by atoms with E-state index in [1.807, 2.05) is 30.3 Å². The lowest BCUT2D eigenvalue weighted by atomic mass is 10.2. The molecule has 1 fully saturated rings. The third kappa shape index (κ3) is 4.71. The van der Waals surface area contributed by atoms with Crippen molar-refractivity contribution in [2.45, 2.75) is 11.5 Å². The summed E-state index contributed by atoms with van der Waals surface area (Å²) < 4.78 is 24.8. The summed E-state index contributed by atoms with van der Waals surface area (Å²) in [5.41, 5.74) is 1.12. The highest BCUT2D eigenvalue weighted by atomic mass is 32.2. The standard InChI is InChI=1S/C25H22FN3O3S2/c26-20-7-3-1-5-17(20)15-33-16-18-9-10-21(32-18)24(30)28-11-13-29(14-12-28)25(31)23-19-6-2-4-8-22(19)34-27-23/h1-10H,11-16H2. The summed E-state index contributed by atoms with van der Waals surface area (Å²) in [6, 6.07) is 17.9. The summed E-state index contributed by atoms with van der Waals surface area (Å²) in [6.07, 6.45) is 0. The van der Waals surface area contributed by atoms with E-state index >= 15 is 0 Å². The lowest BCUT2D eigenvalue weighted by molar-refractivity contribution is 0.0516. The highest BCUT2D eigenvalue weighted by Gasteiger charge is 2.28. The molecule has 6 nitrogen and oxygen atoms in total. The number of hydrogen-bond donors (Lipinski definition) is 0. The van der Waals surface area contributed by atoms with Crippen LogP contribution in [-0.2, 0) is 11.5 Å². The minimum absolute atomic E-state index is 0.100. The van der Waals surface area contributed by atoms with Gasteiger partial charge in [-0.3, -0.25) is 9.59 Å². The fraction of sp³-hybridized carbons (Fsp3) is 0.240. The van der Waals surface area contributed by atoms with E-state index < -0.39 is 0 Å². The Hall–Kier alpha value is -3.17. The Morgan fingerprint density at radius 3 is 2.41 bits per heavy atom. The number of nitrogens with zero attached hydrogens (tertiary/aromatic N) is 3. The van der Waals surface area contributed by atoms with E-state index in [0.717, 1.165) is 10.1 Å². The van der Waals surface area contributed by atoms with Gasteiger partial charge in [0.25, 0.3) is 11.8 Å². The quantitative estimate of drug-likeness (QED) is 0.374. The van der Waals surface area contributed by atoms with Gasteiger partial charge in [0, 0.05) is 37.3 Å². The monoisotopic (exact) mass is 495 g/mol. The zero-order valence-electron chi connectivity index (χ0n) is 18.3. The Bertz CT molecular complexity index is 1330. The highest BCUT2D eigenvalue weighted by Crippen LogP contribution is 2.25. The van der Waals surface area contributed by atoms with E-state index in [1.54, 1.807) is 34.1 Å². The molecular weight excluding hydrogens is 473 g/mol. The van der Waals surface area contributed by atoms with Gasteiger partial charge in [0.15, 0.2) is 5.76 Å². The number of carbonyl (C=O) groups is 2. The molecule has 0 radical (unpaired) electrons. The number of hydrogen-bond acceptors (Lipinski definition) is 6. The molecule has 0 aliphatic carbocycles. The first-order valence-electron chi connectivity index (χ1n) is 10.9. The van der Waals surface area contributed by atoms with Crippen molar-refractivity contribution < 1.29 is 18.4 Å². The predicted octanol–water partition coefficient (Wildman–Crippen LogP) is 5.06. The normalized spacial score (nSPS) is 14.0. The molecule has 1 aliphatic rings. The number of fused-ring (bicyclic) bond motifs is 1. The number of benzene rings is 2. The van der Waals surface area contributed by atoms with Crippen molar-refractivity contribution in [3.05, 3.63) is 89.3 Å². The zero-order chi connectivity index (χ0) is 23.5. The second-order valence-electron chi connectivity index (χ2n) is 7.96. The van der Waals surface area contributed by atoms with Crippen molar-refractivity contribution in [3.8, 4) is 0 Å². The number of carbonyl (C=O) groups excluding carboxylic acids is 2. The predicted molar refractivity (Wildman–Crippen MR) is 132 cm³/mol. The van der Waals surface area contributed by atoms with Gasteiger partial charge in [-0.2, -0.15) is 4.37 Å². The maximum atomic E-state index is 13.7. The largest absolute Gasteiger partial charge is 0.455 e. The van der Waals surface area contributed by atoms with Crippen LogP contribution in [0.15, 0.2) is 65.1 Å². The minimum Gasteiger partial charge on any atom is -0.455 e. The molecule has 174 valence electrons. The molecule has 0 spiro atoms. The van der Waals surface area contributed by atoms with Crippen LogP contribution in [0.3, 0.4) is 0 Å². The molecule has 9 heteroatoms. The molecule has 2 aromatic heterocycles. The summed E-state index contributed by atoms with van der Waals surface area (Å²) in [4.78, 5) is 29.3. The Morgan fingerprint density at radius 1 is 0.912 bits per heavy atom. The first-order chi connectivity index (χ1) is 16.6. The van der Waals surface area contributed by atoms with Crippen LogP contribution < -0.4 is 0 Å². The first kappa shape index (κ1) is 22.6. The number of piperazine rings is 1. The Balaban J connectivity index is 1.14. The van der Waals surface area contributed by atoms with Crippen LogP contribution in [-0.4, -0.2) is 52.2 Å². The van der Waals surface area contributed by atoms with E-state index in [1.165, 1.54) is 29.4 Å². The summed E-state index contributed by atoms with van der Waals surface area (Å²) in [5.74, 6) is 1.53. The highest BCUT2D eigenvalue weighted by molar-refractivity contribution is 7.97. The molecule has 5 rings (SSSR count). The number of rotatable bonds is 6. The van der Waals surface area contributed by atoms with E-state index in [9.17, 15) is 14.0 Å². The van der Waals surface area contributed by atoms with E-state index in [2.05, 4.69) is 4.37 Å². The maximum absolute atomic E-state index is 13.7. The molecule has 0 atom stereocenters. The van der Waals surface area contributed by atoms with Crippen LogP contribution >= 0.6 is 23.3 Å². The molecule has 0 unspecified atom stereocenters. The summed E-state index contributed by atoms with van der Waals surface area (Å²) in [6.45, 7) is 1.76. The Morgan fingerprint density at radius 2 is 1.62 bits per heavy atom. The van der Waals surface area contributed by atoms with Crippen LogP contribution in [0.25, 0.3) is 10.1 Å². The zero-order valence-corrected chi connectivity index (χ0v) is 19.9. The summed E-state index contributed by atoms with van der Waals surface area (Å²) >= 11 is 2.85. The molecule has 0 N–H and O–H groups in total. The molecule has 1 aliphatic heterocycles. The Kier molecular flexibility index (Phi) is 6.64. The summed E-state index contributed by atoms with van der Waals surface area (Å²) in [5, 5.41) is 0.868. The van der Waals surface area contributed by atoms with Gasteiger partial charge in [0.05, 0.1) is 10.5 Å². The SMILES string of the molecule is O=C(c1ccc(CSCc2ccccc2F)o1)N1CCN(C(=O)c2nsc3ccccc23)CC1. The third-order valence-electron chi connectivity index (χ3n) is 5.77. The van der Waals surface area contributed by atoms with Gasteiger partial charge < -0.3 is 14.2 Å². The fourth-order valence-corrected chi connectivity index (χ4v) is 5.59. The average Bonchev–Trinajstić information content (AvgIpc) is 3.52. The van der Waals surface area contributed by atoms with Crippen LogP contribution in [0.2, 0.25) is 0 Å². The molecule has 2 aromatic carbocycles. The van der Waals surface area contributed by atoms with Crippen molar-refractivity contribution in [1.29, 1.82) is 0 Å². The molecule has 3 heterocycles. The van der Waals surface area contributed by atoms with Crippen LogP contribution in [0.4, 0.5) is 4.39 Å². The van der Waals surface area contributed by atoms with Crippen LogP contribution in [0.1, 0.15) is 32.4 Å². The number of thioether (sulfide) groups is 1. The fourth-order valence-electron chi connectivity index (χ4n) is 3.91. The van der Waals surface area contributed by atoms with Crippen molar-refractivity contribution in [3.63, 3.8) is 0 Å². The molecule has 0 saturated carbocycles. The number of furan rings is 1. The van der Waals surface area contributed by atoms with Gasteiger partial charge >= 0.3 is 0 Å². The second-order valence-corrected chi connectivity index (χ2v) is 9.75. The van der Waals surface area contributed by atoms with Crippen LogP contribution in [0, 0.1) is 5.82 Å². The van der Waals surface area contributed by atoms with Gasteiger partial charge in [0.2, 0.25) is 0 Å². The van der Waals surface area contributed by atoms with Gasteiger partial charge in [-0.05, 0) is 41.4 Å². The van der Waals surface area contributed by atoms with Gasteiger partial charge in [-0.1, -0.05) is 36.4 Å². The van der Waals surface area contributed by atoms with E-state index in [4.69, 9.17) is 4.42 Å². The molecule has 1 saturated heterocycles. The lowest BCUT2D eigenvalue weighted by Crippen LogP contribution is -2.50. The van der Waals surface area contributed by atoms with E-state index in [0.29, 0.717) is 54.7 Å². The van der Waals surface area contributed by atoms with Crippen molar-refractivity contribution in [1.82, 2.24) is 14.2 Å². The molecule has 34 heavy (non-hydrogen) atoms.